The molecule has 34 heavy (non-hydrogen) atoms. The van der Waals surface area contributed by atoms with Crippen molar-refractivity contribution in [2.45, 2.75) is 25.4 Å². The van der Waals surface area contributed by atoms with Crippen LogP contribution in [0, 0.1) is 19.7 Å². The van der Waals surface area contributed by atoms with Crippen molar-refractivity contribution in [2.75, 3.05) is 23.3 Å². The number of halogens is 1. The molecule has 0 aliphatic carbocycles. The number of carbonyl (C=O) groups is 1. The Bertz CT molecular complexity index is 1330. The summed E-state index contributed by atoms with van der Waals surface area (Å²) in [5.74, 6) is 0.127. The number of H-pyrrole nitrogens is 2. The SMILES string of the molecule is Cc1cc(C)nc(NC(=NCCc2c[nH]c3ccc(F)cc23)NC(=O)CSc2n[nH]c(N)n2)n1. The maximum atomic E-state index is 13.7. The number of nitrogens with two attached hydrogens (primary N) is 1. The number of aryl methyl sites for hydroxylation is 2. The number of nitrogens with zero attached hydrogens (tertiary/aromatic N) is 5. The summed E-state index contributed by atoms with van der Waals surface area (Å²) in [5.41, 5.74) is 8.83. The molecule has 0 saturated heterocycles. The maximum Gasteiger partial charge on any atom is 0.237 e. The van der Waals surface area contributed by atoms with E-state index >= 15 is 0 Å². The van der Waals surface area contributed by atoms with E-state index in [1.54, 1.807) is 6.07 Å². The van der Waals surface area contributed by atoms with Crippen LogP contribution in [-0.4, -0.2) is 54.3 Å². The zero-order chi connectivity index (χ0) is 24.1. The van der Waals surface area contributed by atoms with Crippen LogP contribution in [0.1, 0.15) is 17.0 Å². The van der Waals surface area contributed by atoms with Crippen LogP contribution in [0.15, 0.2) is 40.6 Å². The summed E-state index contributed by atoms with van der Waals surface area (Å²) in [6.07, 6.45) is 2.36. The summed E-state index contributed by atoms with van der Waals surface area (Å²) in [5, 5.41) is 13.3. The molecule has 0 spiro atoms. The van der Waals surface area contributed by atoms with Crippen LogP contribution in [-0.2, 0) is 11.2 Å². The largest absolute Gasteiger partial charge is 0.368 e. The molecule has 0 unspecified atom stereocenters. The van der Waals surface area contributed by atoms with Crippen molar-refractivity contribution in [1.29, 1.82) is 0 Å². The van der Waals surface area contributed by atoms with E-state index in [4.69, 9.17) is 5.73 Å². The van der Waals surface area contributed by atoms with Gasteiger partial charge in [0.05, 0.1) is 5.75 Å². The molecule has 1 aromatic carbocycles. The molecule has 0 radical (unpaired) electrons. The Balaban J connectivity index is 1.46. The van der Waals surface area contributed by atoms with Crippen LogP contribution in [0.5, 0.6) is 0 Å². The van der Waals surface area contributed by atoms with Crippen LogP contribution in [0.2, 0.25) is 0 Å². The van der Waals surface area contributed by atoms with E-state index in [1.807, 2.05) is 26.1 Å². The molecule has 11 nitrogen and oxygen atoms in total. The number of carbonyl (C=O) groups excluding carboxylic acids is 1. The average Bonchev–Trinajstić information content (AvgIpc) is 3.37. The molecule has 4 aromatic rings. The first-order chi connectivity index (χ1) is 16.4. The number of amides is 1. The maximum absolute atomic E-state index is 13.7. The van der Waals surface area contributed by atoms with Gasteiger partial charge in [-0.1, -0.05) is 11.8 Å². The number of nitrogen functional groups attached to an aromatic ring is 1. The molecule has 0 atom stereocenters. The molecule has 0 bridgehead atoms. The van der Waals surface area contributed by atoms with Gasteiger partial charge in [0.1, 0.15) is 5.82 Å². The topological polar surface area (TPSA) is 163 Å². The van der Waals surface area contributed by atoms with Gasteiger partial charge in [0, 0.05) is 35.0 Å². The average molecular weight is 483 g/mol. The molecule has 0 saturated carbocycles. The second kappa shape index (κ2) is 10.3. The lowest BCUT2D eigenvalue weighted by Gasteiger charge is -2.11. The fraction of sp³-hybridized carbons (Fsp3) is 0.238. The molecule has 0 fully saturated rings. The van der Waals surface area contributed by atoms with Crippen molar-refractivity contribution in [3.63, 3.8) is 0 Å². The van der Waals surface area contributed by atoms with Gasteiger partial charge in [-0.25, -0.2) is 19.5 Å². The standard InChI is InChI=1S/C21H23FN10OS/c1-11-7-12(2)27-20(26-11)30-19(28-17(33)10-34-21-29-18(23)31-32-21)24-6-5-13-9-25-16-4-3-14(22)8-15(13)16/h3-4,7-9,25H,5-6,10H2,1-2H3,(H3,23,29,31,32)(H2,24,26,27,28,30,33). The van der Waals surface area contributed by atoms with Gasteiger partial charge in [-0.15, -0.1) is 5.10 Å². The number of thioether (sulfide) groups is 1. The second-order valence-corrected chi connectivity index (χ2v) is 8.37. The minimum absolute atomic E-state index is 0.0490. The van der Waals surface area contributed by atoms with E-state index < -0.39 is 0 Å². The number of fused-ring (bicyclic) bond motifs is 1. The molecule has 3 heterocycles. The van der Waals surface area contributed by atoms with Crippen LogP contribution < -0.4 is 16.4 Å². The summed E-state index contributed by atoms with van der Waals surface area (Å²) in [4.78, 5) is 32.8. The quantitative estimate of drug-likeness (QED) is 0.152. The van der Waals surface area contributed by atoms with Gasteiger partial charge in [0.25, 0.3) is 0 Å². The number of guanidine groups is 1. The summed E-state index contributed by atoms with van der Waals surface area (Å²) in [7, 11) is 0. The molecule has 176 valence electrons. The van der Waals surface area contributed by atoms with E-state index in [-0.39, 0.29) is 29.4 Å². The molecule has 13 heteroatoms. The number of hydrogen-bond donors (Lipinski definition) is 5. The van der Waals surface area contributed by atoms with Crippen LogP contribution in [0.4, 0.5) is 16.3 Å². The lowest BCUT2D eigenvalue weighted by Crippen LogP contribution is -2.38. The minimum atomic E-state index is -0.321. The van der Waals surface area contributed by atoms with Gasteiger partial charge in [0.15, 0.2) is 0 Å². The van der Waals surface area contributed by atoms with Crippen LogP contribution in [0.3, 0.4) is 0 Å². The Morgan fingerprint density at radius 1 is 1.21 bits per heavy atom. The van der Waals surface area contributed by atoms with E-state index in [0.29, 0.717) is 24.1 Å². The molecular formula is C21H23FN10OS. The van der Waals surface area contributed by atoms with Gasteiger partial charge in [0.2, 0.25) is 28.9 Å². The molecule has 4 rings (SSSR count). The van der Waals surface area contributed by atoms with Gasteiger partial charge < -0.3 is 10.7 Å². The minimum Gasteiger partial charge on any atom is -0.368 e. The van der Waals surface area contributed by atoms with Gasteiger partial charge in [-0.05, 0) is 50.1 Å². The number of rotatable bonds is 7. The highest BCUT2D eigenvalue weighted by atomic mass is 32.2. The van der Waals surface area contributed by atoms with E-state index in [2.05, 4.69) is 45.8 Å². The number of hydrogen-bond acceptors (Lipinski definition) is 8. The van der Waals surface area contributed by atoms with Crippen molar-refractivity contribution in [1.82, 2.24) is 35.5 Å². The van der Waals surface area contributed by atoms with Crippen molar-refractivity contribution in [3.05, 3.63) is 53.2 Å². The molecular weight excluding hydrogens is 459 g/mol. The Kier molecular flexibility index (Phi) is 7.01. The molecule has 6 N–H and O–H groups in total. The van der Waals surface area contributed by atoms with Gasteiger partial charge in [-0.2, -0.15) is 4.98 Å². The lowest BCUT2D eigenvalue weighted by atomic mass is 10.1. The number of aliphatic imine (C=N–C) groups is 1. The molecule has 3 aromatic heterocycles. The number of nitrogens with one attached hydrogen (secondary N) is 4. The number of aromatic nitrogens is 6. The van der Waals surface area contributed by atoms with Crippen molar-refractivity contribution >= 4 is 46.4 Å². The normalized spacial score (nSPS) is 11.7. The van der Waals surface area contributed by atoms with E-state index in [1.165, 1.54) is 12.1 Å². The fourth-order valence-electron chi connectivity index (χ4n) is 3.26. The number of benzene rings is 1. The smallest absolute Gasteiger partial charge is 0.237 e. The Hall–Kier alpha value is -4.00. The third kappa shape index (κ3) is 6.07. The molecule has 1 amide bonds. The highest BCUT2D eigenvalue weighted by Gasteiger charge is 2.12. The van der Waals surface area contributed by atoms with Crippen molar-refractivity contribution in [2.24, 2.45) is 4.99 Å². The summed E-state index contributed by atoms with van der Waals surface area (Å²) < 4.78 is 13.7. The second-order valence-electron chi connectivity index (χ2n) is 7.42. The zero-order valence-corrected chi connectivity index (χ0v) is 19.3. The predicted molar refractivity (Wildman–Crippen MR) is 129 cm³/mol. The highest BCUT2D eigenvalue weighted by Crippen LogP contribution is 2.20. The van der Waals surface area contributed by atoms with E-state index in [0.717, 1.165) is 39.6 Å². The number of aromatic amines is 2. The summed E-state index contributed by atoms with van der Waals surface area (Å²) >= 11 is 1.13. The van der Waals surface area contributed by atoms with Crippen LogP contribution in [0.25, 0.3) is 10.9 Å². The number of anilines is 2. The Labute approximate surface area is 198 Å². The van der Waals surface area contributed by atoms with Crippen molar-refractivity contribution in [3.8, 4) is 0 Å². The molecule has 0 aliphatic rings. The van der Waals surface area contributed by atoms with E-state index in [9.17, 15) is 9.18 Å². The first-order valence-corrected chi connectivity index (χ1v) is 11.3. The third-order valence-electron chi connectivity index (χ3n) is 4.67. The van der Waals surface area contributed by atoms with Gasteiger partial charge >= 0.3 is 0 Å². The zero-order valence-electron chi connectivity index (χ0n) is 18.5. The monoisotopic (exact) mass is 482 g/mol. The summed E-state index contributed by atoms with van der Waals surface area (Å²) in [6, 6.07) is 6.44. The first kappa shape index (κ1) is 23.2. The summed E-state index contributed by atoms with van der Waals surface area (Å²) in [6.45, 7) is 4.04. The first-order valence-electron chi connectivity index (χ1n) is 10.4. The highest BCUT2D eigenvalue weighted by molar-refractivity contribution is 7.99. The Morgan fingerprint density at radius 3 is 2.74 bits per heavy atom. The lowest BCUT2D eigenvalue weighted by molar-refractivity contribution is -0.117. The predicted octanol–water partition coefficient (Wildman–Crippen LogP) is 2.33. The van der Waals surface area contributed by atoms with Gasteiger partial charge in [-0.3, -0.25) is 20.4 Å². The fourth-order valence-corrected chi connectivity index (χ4v) is 3.87. The third-order valence-corrected chi connectivity index (χ3v) is 5.51. The van der Waals surface area contributed by atoms with Crippen LogP contribution >= 0.6 is 11.8 Å². The van der Waals surface area contributed by atoms with Crippen molar-refractivity contribution < 1.29 is 9.18 Å². The Morgan fingerprint density at radius 2 is 2.00 bits per heavy atom. The molecule has 0 aliphatic heterocycles.